The number of hydrogen-bond acceptors (Lipinski definition) is 1. The molecule has 2 atom stereocenters. The average molecular weight is 364 g/mol. The molecule has 17 heavy (non-hydrogen) atoms. The number of nitrogens with zero attached hydrogens (tertiary/aromatic N) is 1. The molecule has 1 aromatic carbocycles. The van der Waals surface area contributed by atoms with Crippen LogP contribution in [0.2, 0.25) is 5.02 Å². The largest absolute Gasteiger partial charge is 0.336 e. The summed E-state index contributed by atoms with van der Waals surface area (Å²) in [5.41, 5.74) is 0.691. The second kappa shape index (κ2) is 5.14. The molecule has 0 saturated carbocycles. The smallest absolute Gasteiger partial charge is 0.254 e. The van der Waals surface area contributed by atoms with E-state index in [0.29, 0.717) is 22.5 Å². The predicted molar refractivity (Wildman–Crippen MR) is 78.4 cm³/mol. The number of hydrogen-bond donors (Lipinski definition) is 0. The monoisotopic (exact) mass is 363 g/mol. The summed E-state index contributed by atoms with van der Waals surface area (Å²) in [5.74, 6) is 0.688. The van der Waals surface area contributed by atoms with Crippen LogP contribution in [0.15, 0.2) is 18.2 Å². The number of carbonyl (C=O) groups excluding carboxylic acids is 1. The van der Waals surface area contributed by atoms with E-state index in [4.69, 9.17) is 11.6 Å². The number of halogens is 2. The summed E-state index contributed by atoms with van der Waals surface area (Å²) in [6.45, 7) is 5.14. The van der Waals surface area contributed by atoms with Crippen molar-refractivity contribution in [2.75, 3.05) is 6.54 Å². The average Bonchev–Trinajstić information content (AvgIpc) is 2.61. The van der Waals surface area contributed by atoms with Crippen molar-refractivity contribution in [3.63, 3.8) is 0 Å². The minimum Gasteiger partial charge on any atom is -0.336 e. The van der Waals surface area contributed by atoms with Gasteiger partial charge in [0.25, 0.3) is 5.91 Å². The molecule has 2 rings (SSSR count). The minimum atomic E-state index is 0.0974. The van der Waals surface area contributed by atoms with Crippen molar-refractivity contribution in [2.45, 2.75) is 26.3 Å². The van der Waals surface area contributed by atoms with E-state index in [0.717, 1.165) is 16.5 Å². The Kier molecular flexibility index (Phi) is 3.98. The molecule has 2 nitrogen and oxygen atoms in total. The molecule has 0 bridgehead atoms. The first-order valence-electron chi connectivity index (χ1n) is 5.75. The van der Waals surface area contributed by atoms with E-state index in [9.17, 15) is 4.79 Å². The number of rotatable bonds is 1. The van der Waals surface area contributed by atoms with Crippen LogP contribution < -0.4 is 0 Å². The molecule has 92 valence electrons. The number of benzene rings is 1. The molecule has 2 unspecified atom stereocenters. The van der Waals surface area contributed by atoms with E-state index in [-0.39, 0.29) is 5.91 Å². The van der Waals surface area contributed by atoms with Gasteiger partial charge in [0.05, 0.1) is 5.02 Å². The highest BCUT2D eigenvalue weighted by atomic mass is 127. The molecule has 1 amide bonds. The molecule has 1 aliphatic rings. The van der Waals surface area contributed by atoms with E-state index < -0.39 is 0 Å². The highest BCUT2D eigenvalue weighted by Crippen LogP contribution is 2.26. The van der Waals surface area contributed by atoms with Crippen LogP contribution in [0.3, 0.4) is 0 Å². The molecule has 1 heterocycles. The van der Waals surface area contributed by atoms with Crippen LogP contribution in [0.4, 0.5) is 0 Å². The van der Waals surface area contributed by atoms with Crippen LogP contribution in [0, 0.1) is 9.49 Å². The normalized spacial score (nSPS) is 24.1. The van der Waals surface area contributed by atoms with Crippen LogP contribution in [0.25, 0.3) is 0 Å². The summed E-state index contributed by atoms with van der Waals surface area (Å²) in [4.78, 5) is 14.3. The van der Waals surface area contributed by atoms with Gasteiger partial charge in [-0.15, -0.1) is 0 Å². The third-order valence-corrected chi connectivity index (χ3v) is 4.78. The molecule has 0 aliphatic carbocycles. The SMILES string of the molecule is CC1CC(C)N(C(=O)c2ccc(I)c(Cl)c2)C1. The standard InChI is InChI=1S/C13H15ClINO/c1-8-5-9(2)16(7-8)13(17)10-3-4-12(15)11(14)6-10/h3-4,6,8-9H,5,7H2,1-2H3. The Morgan fingerprint density at radius 2 is 2.18 bits per heavy atom. The number of likely N-dealkylation sites (tertiary alicyclic amines) is 1. The first-order valence-corrected chi connectivity index (χ1v) is 7.20. The van der Waals surface area contributed by atoms with Crippen molar-refractivity contribution in [2.24, 2.45) is 5.92 Å². The van der Waals surface area contributed by atoms with Crippen molar-refractivity contribution in [3.8, 4) is 0 Å². The lowest BCUT2D eigenvalue weighted by molar-refractivity contribution is 0.0744. The summed E-state index contributed by atoms with van der Waals surface area (Å²) < 4.78 is 0.976. The third kappa shape index (κ3) is 2.76. The summed E-state index contributed by atoms with van der Waals surface area (Å²) in [5, 5.41) is 0.649. The Morgan fingerprint density at radius 1 is 1.47 bits per heavy atom. The summed E-state index contributed by atoms with van der Waals surface area (Å²) in [6.07, 6.45) is 1.09. The van der Waals surface area contributed by atoms with Gasteiger partial charge < -0.3 is 4.90 Å². The van der Waals surface area contributed by atoms with Gasteiger partial charge in [-0.25, -0.2) is 0 Å². The molecule has 0 aromatic heterocycles. The van der Waals surface area contributed by atoms with Gasteiger partial charge in [0.15, 0.2) is 0 Å². The third-order valence-electron chi connectivity index (χ3n) is 3.21. The van der Waals surface area contributed by atoms with Gasteiger partial charge in [0, 0.05) is 21.7 Å². The maximum atomic E-state index is 12.3. The van der Waals surface area contributed by atoms with Crippen LogP contribution in [0.1, 0.15) is 30.6 Å². The fourth-order valence-electron chi connectivity index (χ4n) is 2.38. The zero-order chi connectivity index (χ0) is 12.6. The van der Waals surface area contributed by atoms with E-state index in [2.05, 4.69) is 36.4 Å². The van der Waals surface area contributed by atoms with Gasteiger partial charge >= 0.3 is 0 Å². The molecule has 1 fully saturated rings. The topological polar surface area (TPSA) is 20.3 Å². The molecule has 0 radical (unpaired) electrons. The first kappa shape index (κ1) is 13.1. The zero-order valence-electron chi connectivity index (χ0n) is 9.91. The quantitative estimate of drug-likeness (QED) is 0.695. The summed E-state index contributed by atoms with van der Waals surface area (Å²) >= 11 is 8.21. The van der Waals surface area contributed by atoms with Gasteiger partial charge in [-0.1, -0.05) is 18.5 Å². The van der Waals surface area contributed by atoms with Crippen molar-refractivity contribution in [1.29, 1.82) is 0 Å². The highest BCUT2D eigenvalue weighted by molar-refractivity contribution is 14.1. The van der Waals surface area contributed by atoms with E-state index in [1.807, 2.05) is 17.0 Å². The van der Waals surface area contributed by atoms with Crippen LogP contribution >= 0.6 is 34.2 Å². The van der Waals surface area contributed by atoms with Gasteiger partial charge in [0.2, 0.25) is 0 Å². The predicted octanol–water partition coefficient (Wildman–Crippen LogP) is 3.82. The minimum absolute atomic E-state index is 0.0974. The second-order valence-corrected chi connectivity index (χ2v) is 6.35. The first-order chi connectivity index (χ1) is 7.99. The zero-order valence-corrected chi connectivity index (χ0v) is 12.8. The molecule has 1 aromatic rings. The van der Waals surface area contributed by atoms with Gasteiger partial charge in [0.1, 0.15) is 0 Å². The molecule has 4 heteroatoms. The fourth-order valence-corrected chi connectivity index (χ4v) is 2.89. The van der Waals surface area contributed by atoms with Crippen molar-refractivity contribution < 1.29 is 4.79 Å². The fraction of sp³-hybridized carbons (Fsp3) is 0.462. The Morgan fingerprint density at radius 3 is 2.71 bits per heavy atom. The van der Waals surface area contributed by atoms with Gasteiger partial charge in [-0.3, -0.25) is 4.79 Å². The lowest BCUT2D eigenvalue weighted by atomic mass is 10.1. The maximum Gasteiger partial charge on any atom is 0.254 e. The Hall–Kier alpha value is -0.290. The molecule has 0 N–H and O–H groups in total. The molecular weight excluding hydrogens is 349 g/mol. The molecular formula is C13H15ClINO. The van der Waals surface area contributed by atoms with Crippen molar-refractivity contribution in [3.05, 3.63) is 32.4 Å². The van der Waals surface area contributed by atoms with Crippen LogP contribution in [0.5, 0.6) is 0 Å². The lowest BCUT2D eigenvalue weighted by Gasteiger charge is -2.21. The lowest BCUT2D eigenvalue weighted by Crippen LogP contribution is -2.33. The molecule has 1 saturated heterocycles. The highest BCUT2D eigenvalue weighted by Gasteiger charge is 2.30. The summed E-state index contributed by atoms with van der Waals surface area (Å²) in [7, 11) is 0. The second-order valence-electron chi connectivity index (χ2n) is 4.78. The van der Waals surface area contributed by atoms with Gasteiger partial charge in [-0.2, -0.15) is 0 Å². The molecule has 0 spiro atoms. The summed E-state index contributed by atoms with van der Waals surface area (Å²) in [6, 6.07) is 5.84. The van der Waals surface area contributed by atoms with Gasteiger partial charge in [-0.05, 0) is 60.1 Å². The van der Waals surface area contributed by atoms with Crippen LogP contribution in [-0.4, -0.2) is 23.4 Å². The Balaban J connectivity index is 2.22. The Labute approximate surface area is 120 Å². The van der Waals surface area contributed by atoms with Crippen LogP contribution in [-0.2, 0) is 0 Å². The van der Waals surface area contributed by atoms with E-state index >= 15 is 0 Å². The Bertz CT molecular complexity index is 449. The number of amides is 1. The maximum absolute atomic E-state index is 12.3. The molecule has 1 aliphatic heterocycles. The van der Waals surface area contributed by atoms with Crippen molar-refractivity contribution in [1.82, 2.24) is 4.90 Å². The van der Waals surface area contributed by atoms with E-state index in [1.165, 1.54) is 0 Å². The van der Waals surface area contributed by atoms with E-state index in [1.54, 1.807) is 6.07 Å². The van der Waals surface area contributed by atoms with Crippen molar-refractivity contribution >= 4 is 40.1 Å². The number of carbonyl (C=O) groups is 1.